The number of hydrogen-bond donors (Lipinski definition) is 1. The second kappa shape index (κ2) is 3.45. The highest BCUT2D eigenvalue weighted by Crippen LogP contribution is 2.54. The summed E-state index contributed by atoms with van der Waals surface area (Å²) in [5.41, 5.74) is 0.339. The minimum atomic E-state index is -0.282. The van der Waals surface area contributed by atoms with E-state index < -0.39 is 0 Å². The lowest BCUT2D eigenvalue weighted by Gasteiger charge is -2.41. The van der Waals surface area contributed by atoms with E-state index >= 15 is 0 Å². The molecule has 1 saturated carbocycles. The second-order valence-corrected chi connectivity index (χ2v) is 5.13. The first-order valence-electron chi connectivity index (χ1n) is 5.25. The second-order valence-electron chi connectivity index (χ2n) is 5.13. The van der Waals surface area contributed by atoms with Gasteiger partial charge in [0.2, 0.25) is 0 Å². The van der Waals surface area contributed by atoms with Crippen LogP contribution in [0.25, 0.3) is 0 Å². The molecule has 1 aliphatic carbocycles. The van der Waals surface area contributed by atoms with Gasteiger partial charge in [-0.3, -0.25) is 0 Å². The number of hydrogen-bond acceptors (Lipinski definition) is 1. The summed E-state index contributed by atoms with van der Waals surface area (Å²) in [4.78, 5) is 0. The Bertz CT molecular complexity index is 205. The summed E-state index contributed by atoms with van der Waals surface area (Å²) in [7, 11) is 0. The fourth-order valence-electron chi connectivity index (χ4n) is 2.46. The average molecular weight is 182 g/mol. The van der Waals surface area contributed by atoms with Gasteiger partial charge in [-0.1, -0.05) is 39.3 Å². The van der Waals surface area contributed by atoms with Crippen LogP contribution in [-0.2, 0) is 0 Å². The molecule has 0 spiro atoms. The normalized spacial score (nSPS) is 35.5. The zero-order valence-corrected chi connectivity index (χ0v) is 9.30. The Balaban J connectivity index is 2.86. The van der Waals surface area contributed by atoms with Crippen LogP contribution in [0.5, 0.6) is 0 Å². The van der Waals surface area contributed by atoms with E-state index in [0.29, 0.717) is 0 Å². The fourth-order valence-corrected chi connectivity index (χ4v) is 2.46. The first-order chi connectivity index (χ1) is 5.94. The summed E-state index contributed by atoms with van der Waals surface area (Å²) in [5.74, 6) is 0. The van der Waals surface area contributed by atoms with E-state index in [1.165, 1.54) is 12.8 Å². The first-order valence-corrected chi connectivity index (χ1v) is 5.25. The first kappa shape index (κ1) is 10.8. The standard InChI is InChI=1S/C12H22O/c1-5-7-10(13)12(4)9-6-8-11(12,2)3/h5,7,10,13H,6,8-9H2,1-4H3. The molecule has 0 heterocycles. The highest BCUT2D eigenvalue weighted by atomic mass is 16.3. The lowest BCUT2D eigenvalue weighted by atomic mass is 9.66. The van der Waals surface area contributed by atoms with Crippen molar-refractivity contribution in [1.29, 1.82) is 0 Å². The van der Waals surface area contributed by atoms with E-state index in [9.17, 15) is 5.11 Å². The Hall–Kier alpha value is -0.300. The molecule has 0 aromatic rings. The Morgan fingerprint density at radius 2 is 1.85 bits per heavy atom. The van der Waals surface area contributed by atoms with Crippen molar-refractivity contribution in [2.75, 3.05) is 0 Å². The topological polar surface area (TPSA) is 20.2 Å². The Labute approximate surface area is 81.9 Å². The summed E-state index contributed by atoms with van der Waals surface area (Å²) >= 11 is 0. The Morgan fingerprint density at radius 1 is 1.23 bits per heavy atom. The molecule has 0 aromatic heterocycles. The van der Waals surface area contributed by atoms with Crippen molar-refractivity contribution in [3.05, 3.63) is 12.2 Å². The highest BCUT2D eigenvalue weighted by Gasteiger charge is 2.48. The van der Waals surface area contributed by atoms with Gasteiger partial charge in [0, 0.05) is 5.41 Å². The van der Waals surface area contributed by atoms with Gasteiger partial charge in [0.15, 0.2) is 0 Å². The SMILES string of the molecule is CC=CC(O)C1(C)CCCC1(C)C. The molecule has 0 aromatic carbocycles. The molecule has 1 N–H and O–H groups in total. The molecule has 0 bridgehead atoms. The molecule has 1 aliphatic rings. The molecule has 1 rings (SSSR count). The average Bonchev–Trinajstić information content (AvgIpc) is 2.28. The molecule has 1 fully saturated rings. The van der Waals surface area contributed by atoms with Crippen LogP contribution in [0.4, 0.5) is 0 Å². The molecule has 1 nitrogen and oxygen atoms in total. The van der Waals surface area contributed by atoms with Crippen LogP contribution >= 0.6 is 0 Å². The highest BCUT2D eigenvalue weighted by molar-refractivity contribution is 5.05. The summed E-state index contributed by atoms with van der Waals surface area (Å²) in [5, 5.41) is 10.1. The molecular weight excluding hydrogens is 160 g/mol. The van der Waals surface area contributed by atoms with Gasteiger partial charge >= 0.3 is 0 Å². The van der Waals surface area contributed by atoms with E-state index in [1.807, 2.05) is 19.1 Å². The van der Waals surface area contributed by atoms with Crippen LogP contribution in [0.15, 0.2) is 12.2 Å². The molecule has 2 unspecified atom stereocenters. The van der Waals surface area contributed by atoms with Crippen molar-refractivity contribution in [1.82, 2.24) is 0 Å². The van der Waals surface area contributed by atoms with Gasteiger partial charge < -0.3 is 5.11 Å². The number of aliphatic hydroxyl groups excluding tert-OH is 1. The Kier molecular flexibility index (Phi) is 2.86. The minimum absolute atomic E-state index is 0.0690. The molecule has 1 heteroatoms. The van der Waals surface area contributed by atoms with E-state index in [1.54, 1.807) is 0 Å². The third-order valence-electron chi connectivity index (χ3n) is 4.07. The van der Waals surface area contributed by atoms with Crippen LogP contribution in [-0.4, -0.2) is 11.2 Å². The largest absolute Gasteiger partial charge is 0.388 e. The molecule has 0 radical (unpaired) electrons. The van der Waals surface area contributed by atoms with Gasteiger partial charge in [-0.25, -0.2) is 0 Å². The van der Waals surface area contributed by atoms with Gasteiger partial charge in [0.1, 0.15) is 0 Å². The van der Waals surface area contributed by atoms with E-state index in [-0.39, 0.29) is 16.9 Å². The summed E-state index contributed by atoms with van der Waals surface area (Å²) in [6, 6.07) is 0. The maximum absolute atomic E-state index is 10.1. The van der Waals surface area contributed by atoms with Gasteiger partial charge in [-0.15, -0.1) is 0 Å². The lowest BCUT2D eigenvalue weighted by Crippen LogP contribution is -2.39. The van der Waals surface area contributed by atoms with E-state index in [2.05, 4.69) is 20.8 Å². The zero-order chi connectivity index (χ0) is 10.1. The Morgan fingerprint density at radius 3 is 2.23 bits per heavy atom. The van der Waals surface area contributed by atoms with Crippen LogP contribution in [0, 0.1) is 10.8 Å². The molecular formula is C12H22O. The smallest absolute Gasteiger partial charge is 0.0779 e. The predicted octanol–water partition coefficient (Wildman–Crippen LogP) is 3.14. The maximum atomic E-state index is 10.1. The predicted molar refractivity (Wildman–Crippen MR) is 56.6 cm³/mol. The van der Waals surface area contributed by atoms with Crippen molar-refractivity contribution in [3.63, 3.8) is 0 Å². The third kappa shape index (κ3) is 1.67. The van der Waals surface area contributed by atoms with Crippen LogP contribution in [0.1, 0.15) is 47.0 Å². The van der Waals surface area contributed by atoms with Crippen molar-refractivity contribution in [2.45, 2.75) is 53.1 Å². The monoisotopic (exact) mass is 182 g/mol. The number of aliphatic hydroxyl groups is 1. The van der Waals surface area contributed by atoms with Crippen molar-refractivity contribution in [3.8, 4) is 0 Å². The van der Waals surface area contributed by atoms with Gasteiger partial charge in [0.25, 0.3) is 0 Å². The molecule has 2 atom stereocenters. The molecule has 0 amide bonds. The van der Waals surface area contributed by atoms with Crippen molar-refractivity contribution >= 4 is 0 Å². The quantitative estimate of drug-likeness (QED) is 0.650. The zero-order valence-electron chi connectivity index (χ0n) is 9.30. The van der Waals surface area contributed by atoms with Gasteiger partial charge in [-0.05, 0) is 25.2 Å². The summed E-state index contributed by atoms with van der Waals surface area (Å²) < 4.78 is 0. The molecule has 13 heavy (non-hydrogen) atoms. The number of allylic oxidation sites excluding steroid dienone is 1. The molecule has 0 aliphatic heterocycles. The maximum Gasteiger partial charge on any atom is 0.0779 e. The van der Waals surface area contributed by atoms with Gasteiger partial charge in [0.05, 0.1) is 6.10 Å². The van der Waals surface area contributed by atoms with E-state index in [0.717, 1.165) is 6.42 Å². The lowest BCUT2D eigenvalue weighted by molar-refractivity contribution is 0.00119. The van der Waals surface area contributed by atoms with Crippen molar-refractivity contribution in [2.24, 2.45) is 10.8 Å². The number of rotatable bonds is 2. The van der Waals surface area contributed by atoms with Crippen LogP contribution in [0.3, 0.4) is 0 Å². The van der Waals surface area contributed by atoms with Crippen LogP contribution in [0.2, 0.25) is 0 Å². The molecule has 76 valence electrons. The minimum Gasteiger partial charge on any atom is -0.388 e. The van der Waals surface area contributed by atoms with Gasteiger partial charge in [-0.2, -0.15) is 0 Å². The van der Waals surface area contributed by atoms with E-state index in [4.69, 9.17) is 0 Å². The summed E-state index contributed by atoms with van der Waals surface area (Å²) in [6.45, 7) is 8.72. The van der Waals surface area contributed by atoms with Crippen LogP contribution < -0.4 is 0 Å². The summed E-state index contributed by atoms with van der Waals surface area (Å²) in [6.07, 6.45) is 7.22. The molecule has 0 saturated heterocycles. The third-order valence-corrected chi connectivity index (χ3v) is 4.07. The van der Waals surface area contributed by atoms with Crippen molar-refractivity contribution < 1.29 is 5.11 Å². The fraction of sp³-hybridized carbons (Fsp3) is 0.833.